The maximum absolute atomic E-state index is 5.82. The lowest BCUT2D eigenvalue weighted by atomic mass is 10.2. The van der Waals surface area contributed by atoms with Crippen LogP contribution in [0, 0.1) is 0 Å². The Bertz CT molecular complexity index is 807. The molecule has 0 aliphatic heterocycles. The molecule has 0 aliphatic rings. The molecule has 1 N–H and O–H groups in total. The lowest BCUT2D eigenvalue weighted by Crippen LogP contribution is -2.01. The van der Waals surface area contributed by atoms with Gasteiger partial charge in [0.15, 0.2) is 5.16 Å². The fraction of sp³-hybridized carbons (Fsp3) is 0.200. The van der Waals surface area contributed by atoms with E-state index in [0.29, 0.717) is 6.61 Å². The van der Waals surface area contributed by atoms with Crippen LogP contribution < -0.4 is 10.1 Å². The summed E-state index contributed by atoms with van der Waals surface area (Å²) in [5.74, 6) is 1.71. The highest BCUT2D eigenvalue weighted by atomic mass is 32.2. The summed E-state index contributed by atoms with van der Waals surface area (Å²) in [5.41, 5.74) is 3.23. The van der Waals surface area contributed by atoms with E-state index in [9.17, 15) is 0 Å². The standard InChI is InChI=1S/C20H21N3OS/c1-3-16-13-21-20(25-2)23-19(16)22-17-9-11-18(12-10-17)24-14-15-7-5-4-6-8-15/h4-13H,3,14H2,1-2H3,(H,21,22,23). The normalized spacial score (nSPS) is 10.5. The maximum atomic E-state index is 5.82. The number of nitrogens with one attached hydrogen (secondary N) is 1. The van der Waals surface area contributed by atoms with Gasteiger partial charge in [-0.2, -0.15) is 0 Å². The number of benzene rings is 2. The van der Waals surface area contributed by atoms with Gasteiger partial charge in [0.05, 0.1) is 0 Å². The first-order valence-electron chi connectivity index (χ1n) is 8.22. The molecule has 0 radical (unpaired) electrons. The van der Waals surface area contributed by atoms with Crippen LogP contribution in [0.2, 0.25) is 0 Å². The third kappa shape index (κ3) is 4.73. The molecule has 1 heterocycles. The Hall–Kier alpha value is -2.53. The van der Waals surface area contributed by atoms with Gasteiger partial charge in [-0.05, 0) is 42.5 Å². The zero-order valence-corrected chi connectivity index (χ0v) is 15.2. The number of hydrogen-bond acceptors (Lipinski definition) is 5. The highest BCUT2D eigenvalue weighted by Crippen LogP contribution is 2.23. The number of thioether (sulfide) groups is 1. The molecule has 25 heavy (non-hydrogen) atoms. The molecular formula is C20H21N3OS. The molecular weight excluding hydrogens is 330 g/mol. The van der Waals surface area contributed by atoms with E-state index < -0.39 is 0 Å². The number of ether oxygens (including phenoxy) is 1. The third-order valence-corrected chi connectivity index (χ3v) is 4.33. The van der Waals surface area contributed by atoms with Gasteiger partial charge in [-0.1, -0.05) is 49.0 Å². The molecule has 0 saturated heterocycles. The summed E-state index contributed by atoms with van der Waals surface area (Å²) >= 11 is 1.54. The summed E-state index contributed by atoms with van der Waals surface area (Å²) < 4.78 is 5.82. The molecule has 3 rings (SSSR count). The van der Waals surface area contributed by atoms with Crippen molar-refractivity contribution < 1.29 is 4.74 Å². The maximum Gasteiger partial charge on any atom is 0.189 e. The SMILES string of the molecule is CCc1cnc(SC)nc1Nc1ccc(OCc2ccccc2)cc1. The molecule has 0 spiro atoms. The van der Waals surface area contributed by atoms with Crippen molar-refractivity contribution in [1.29, 1.82) is 0 Å². The van der Waals surface area contributed by atoms with Gasteiger partial charge >= 0.3 is 0 Å². The molecule has 0 amide bonds. The summed E-state index contributed by atoms with van der Waals surface area (Å²) in [5, 5.41) is 4.15. The van der Waals surface area contributed by atoms with E-state index in [1.54, 1.807) is 0 Å². The molecule has 1 aromatic heterocycles. The molecule has 4 nitrogen and oxygen atoms in total. The predicted octanol–water partition coefficient (Wildman–Crippen LogP) is 5.08. The number of anilines is 2. The molecule has 0 bridgehead atoms. The minimum absolute atomic E-state index is 0.566. The summed E-state index contributed by atoms with van der Waals surface area (Å²) in [4.78, 5) is 8.89. The van der Waals surface area contributed by atoms with E-state index in [4.69, 9.17) is 4.74 Å². The van der Waals surface area contributed by atoms with E-state index in [0.717, 1.165) is 40.0 Å². The minimum atomic E-state index is 0.566. The lowest BCUT2D eigenvalue weighted by molar-refractivity contribution is 0.306. The molecule has 0 aliphatic carbocycles. The Morgan fingerprint density at radius 3 is 2.48 bits per heavy atom. The van der Waals surface area contributed by atoms with Gasteiger partial charge in [0.2, 0.25) is 0 Å². The first-order valence-corrected chi connectivity index (χ1v) is 9.44. The van der Waals surface area contributed by atoms with Crippen LogP contribution in [0.25, 0.3) is 0 Å². The molecule has 0 unspecified atom stereocenters. The average molecular weight is 351 g/mol. The molecule has 128 valence electrons. The number of rotatable bonds is 7. The van der Waals surface area contributed by atoms with Gasteiger partial charge in [0.25, 0.3) is 0 Å². The fourth-order valence-electron chi connectivity index (χ4n) is 2.37. The number of hydrogen-bond donors (Lipinski definition) is 1. The van der Waals surface area contributed by atoms with Gasteiger partial charge in [0, 0.05) is 17.4 Å². The quantitative estimate of drug-likeness (QED) is 0.475. The molecule has 2 aromatic carbocycles. The van der Waals surface area contributed by atoms with E-state index in [2.05, 4.69) is 34.3 Å². The van der Waals surface area contributed by atoms with E-state index in [-0.39, 0.29) is 0 Å². The zero-order valence-electron chi connectivity index (χ0n) is 14.4. The Morgan fingerprint density at radius 1 is 1.04 bits per heavy atom. The van der Waals surface area contributed by atoms with Gasteiger partial charge in [-0.15, -0.1) is 0 Å². The van der Waals surface area contributed by atoms with Crippen LogP contribution >= 0.6 is 11.8 Å². The van der Waals surface area contributed by atoms with Crippen molar-refractivity contribution >= 4 is 23.3 Å². The summed E-state index contributed by atoms with van der Waals surface area (Å²) in [6.07, 6.45) is 4.75. The molecule has 5 heteroatoms. The average Bonchev–Trinajstić information content (AvgIpc) is 2.68. The van der Waals surface area contributed by atoms with Crippen molar-refractivity contribution in [2.45, 2.75) is 25.1 Å². The van der Waals surface area contributed by atoms with Gasteiger partial charge in [-0.3, -0.25) is 0 Å². The lowest BCUT2D eigenvalue weighted by Gasteiger charge is -2.11. The predicted molar refractivity (Wildman–Crippen MR) is 104 cm³/mol. The van der Waals surface area contributed by atoms with Crippen molar-refractivity contribution in [3.8, 4) is 5.75 Å². The van der Waals surface area contributed by atoms with Crippen LogP contribution in [0.3, 0.4) is 0 Å². The summed E-state index contributed by atoms with van der Waals surface area (Å²) in [7, 11) is 0. The largest absolute Gasteiger partial charge is 0.489 e. The molecule has 0 atom stereocenters. The fourth-order valence-corrected chi connectivity index (χ4v) is 2.71. The smallest absolute Gasteiger partial charge is 0.189 e. The second kappa shape index (κ2) is 8.53. The number of aromatic nitrogens is 2. The van der Waals surface area contributed by atoms with Gasteiger partial charge < -0.3 is 10.1 Å². The van der Waals surface area contributed by atoms with Crippen LogP contribution in [0.15, 0.2) is 66.0 Å². The topological polar surface area (TPSA) is 47.0 Å². The third-order valence-electron chi connectivity index (χ3n) is 3.77. The Balaban J connectivity index is 1.66. The van der Waals surface area contributed by atoms with Crippen LogP contribution in [0.1, 0.15) is 18.1 Å². The molecule has 3 aromatic rings. The van der Waals surface area contributed by atoms with Gasteiger partial charge in [0.1, 0.15) is 18.2 Å². The van der Waals surface area contributed by atoms with E-state index in [1.165, 1.54) is 11.8 Å². The first kappa shape index (κ1) is 17.3. The summed E-state index contributed by atoms with van der Waals surface area (Å²) in [6, 6.07) is 18.1. The Morgan fingerprint density at radius 2 is 1.80 bits per heavy atom. The summed E-state index contributed by atoms with van der Waals surface area (Å²) in [6.45, 7) is 2.67. The van der Waals surface area contributed by atoms with Crippen molar-refractivity contribution in [1.82, 2.24) is 9.97 Å². The van der Waals surface area contributed by atoms with Crippen LogP contribution in [-0.4, -0.2) is 16.2 Å². The van der Waals surface area contributed by atoms with Crippen molar-refractivity contribution in [2.24, 2.45) is 0 Å². The second-order valence-electron chi connectivity index (χ2n) is 5.51. The molecule has 0 fully saturated rings. The zero-order chi connectivity index (χ0) is 17.5. The first-order chi connectivity index (χ1) is 12.3. The highest BCUT2D eigenvalue weighted by Gasteiger charge is 2.06. The van der Waals surface area contributed by atoms with Crippen molar-refractivity contribution in [2.75, 3.05) is 11.6 Å². The van der Waals surface area contributed by atoms with E-state index in [1.807, 2.05) is 54.9 Å². The molecule has 0 saturated carbocycles. The van der Waals surface area contributed by atoms with E-state index >= 15 is 0 Å². The van der Waals surface area contributed by atoms with Crippen LogP contribution in [0.5, 0.6) is 5.75 Å². The van der Waals surface area contributed by atoms with Crippen LogP contribution in [-0.2, 0) is 13.0 Å². The Kier molecular flexibility index (Phi) is 5.90. The number of nitrogens with zero attached hydrogens (tertiary/aromatic N) is 2. The van der Waals surface area contributed by atoms with Crippen molar-refractivity contribution in [3.05, 3.63) is 71.9 Å². The Labute approximate surface area is 152 Å². The monoisotopic (exact) mass is 351 g/mol. The second-order valence-corrected chi connectivity index (χ2v) is 6.28. The van der Waals surface area contributed by atoms with Gasteiger partial charge in [-0.25, -0.2) is 9.97 Å². The number of aryl methyl sites for hydroxylation is 1. The minimum Gasteiger partial charge on any atom is -0.489 e. The van der Waals surface area contributed by atoms with Crippen molar-refractivity contribution in [3.63, 3.8) is 0 Å². The van der Waals surface area contributed by atoms with Crippen LogP contribution in [0.4, 0.5) is 11.5 Å². The highest BCUT2D eigenvalue weighted by molar-refractivity contribution is 7.98.